The summed E-state index contributed by atoms with van der Waals surface area (Å²) in [6.45, 7) is 5.48. The van der Waals surface area contributed by atoms with Crippen LogP contribution in [0.25, 0.3) is 0 Å². The molecule has 2 heterocycles. The molecule has 8 heteroatoms. The molecule has 1 unspecified atom stereocenters. The molecule has 0 radical (unpaired) electrons. The molecule has 114 valence electrons. The molecule has 1 aliphatic carbocycles. The van der Waals surface area contributed by atoms with Crippen molar-refractivity contribution in [2.75, 3.05) is 0 Å². The number of nitrogens with one attached hydrogen (secondary N) is 1. The molecule has 2 aliphatic rings. The van der Waals surface area contributed by atoms with Crippen LogP contribution < -0.4 is 5.32 Å². The fraction of sp³-hybridized carbons (Fsp3) is 0.769. The Morgan fingerprint density at radius 2 is 1.95 bits per heavy atom. The van der Waals surface area contributed by atoms with E-state index in [1.807, 2.05) is 6.92 Å². The van der Waals surface area contributed by atoms with Crippen LogP contribution in [-0.2, 0) is 23.2 Å². The molecule has 0 spiro atoms. The number of aromatic nitrogens is 4. The van der Waals surface area contributed by atoms with Crippen molar-refractivity contribution < 1.29 is 9.59 Å². The molecule has 2 amide bonds. The van der Waals surface area contributed by atoms with Gasteiger partial charge in [0.2, 0.25) is 11.8 Å². The third-order valence-corrected chi connectivity index (χ3v) is 4.45. The van der Waals surface area contributed by atoms with Gasteiger partial charge in [-0.3, -0.25) is 9.59 Å². The summed E-state index contributed by atoms with van der Waals surface area (Å²) in [5.41, 5.74) is -1.74. The summed E-state index contributed by atoms with van der Waals surface area (Å²) >= 11 is 0. The van der Waals surface area contributed by atoms with Crippen LogP contribution in [0.4, 0.5) is 0 Å². The minimum Gasteiger partial charge on any atom is -0.340 e. The number of carbonyl (C=O) groups excluding carboxylic acids is 2. The van der Waals surface area contributed by atoms with Gasteiger partial charge >= 0.3 is 0 Å². The number of aryl methyl sites for hydroxylation is 1. The van der Waals surface area contributed by atoms with Crippen molar-refractivity contribution >= 4 is 11.8 Å². The average molecular weight is 292 g/mol. The first-order valence-corrected chi connectivity index (χ1v) is 7.12. The van der Waals surface area contributed by atoms with E-state index in [-0.39, 0.29) is 24.3 Å². The van der Waals surface area contributed by atoms with Gasteiger partial charge in [-0.1, -0.05) is 0 Å². The SMILES string of the molecule is Cn1nnc(CN2C(=O)C(C)(C)NC(=O)C2(C)C2CC2)n1. The molecule has 1 saturated heterocycles. The second kappa shape index (κ2) is 4.25. The van der Waals surface area contributed by atoms with E-state index in [9.17, 15) is 9.59 Å². The average Bonchev–Trinajstić information content (AvgIpc) is 3.17. The van der Waals surface area contributed by atoms with Gasteiger partial charge in [0.05, 0.1) is 13.6 Å². The molecule has 1 saturated carbocycles. The Labute approximate surface area is 122 Å². The highest BCUT2D eigenvalue weighted by atomic mass is 16.2. The smallest absolute Gasteiger partial charge is 0.249 e. The number of rotatable bonds is 3. The van der Waals surface area contributed by atoms with Gasteiger partial charge in [0.1, 0.15) is 11.1 Å². The Kier molecular flexibility index (Phi) is 2.83. The quantitative estimate of drug-likeness (QED) is 0.819. The van der Waals surface area contributed by atoms with E-state index in [4.69, 9.17) is 0 Å². The zero-order valence-electron chi connectivity index (χ0n) is 12.8. The van der Waals surface area contributed by atoms with E-state index in [1.165, 1.54) is 4.80 Å². The minimum atomic E-state index is -0.909. The molecule has 21 heavy (non-hydrogen) atoms. The molecule has 3 rings (SSSR count). The van der Waals surface area contributed by atoms with Crippen LogP contribution in [0.1, 0.15) is 39.4 Å². The van der Waals surface area contributed by atoms with Crippen molar-refractivity contribution in [1.29, 1.82) is 0 Å². The molecule has 0 bridgehead atoms. The fourth-order valence-electron chi connectivity index (χ4n) is 2.95. The highest BCUT2D eigenvalue weighted by molar-refractivity contribution is 6.02. The van der Waals surface area contributed by atoms with Crippen molar-refractivity contribution in [3.05, 3.63) is 5.82 Å². The topological polar surface area (TPSA) is 93.0 Å². The second-order valence-corrected chi connectivity index (χ2v) is 6.59. The van der Waals surface area contributed by atoms with Gasteiger partial charge in [0, 0.05) is 0 Å². The van der Waals surface area contributed by atoms with E-state index in [1.54, 1.807) is 25.8 Å². The van der Waals surface area contributed by atoms with Gasteiger partial charge in [-0.15, -0.1) is 10.2 Å². The zero-order chi connectivity index (χ0) is 15.4. The van der Waals surface area contributed by atoms with Gasteiger partial charge in [-0.2, -0.15) is 4.80 Å². The van der Waals surface area contributed by atoms with Crippen LogP contribution in [0.5, 0.6) is 0 Å². The molecule has 8 nitrogen and oxygen atoms in total. The normalized spacial score (nSPS) is 28.7. The van der Waals surface area contributed by atoms with Crippen LogP contribution in [0, 0.1) is 5.92 Å². The van der Waals surface area contributed by atoms with E-state index in [0.29, 0.717) is 5.82 Å². The predicted octanol–water partition coefficient (Wildman–Crippen LogP) is -0.384. The van der Waals surface area contributed by atoms with Gasteiger partial charge in [0.25, 0.3) is 0 Å². The van der Waals surface area contributed by atoms with Gasteiger partial charge in [-0.05, 0) is 44.7 Å². The van der Waals surface area contributed by atoms with Crippen molar-refractivity contribution in [3.63, 3.8) is 0 Å². The number of hydrogen-bond donors (Lipinski definition) is 1. The van der Waals surface area contributed by atoms with Crippen LogP contribution in [0.3, 0.4) is 0 Å². The fourth-order valence-corrected chi connectivity index (χ4v) is 2.95. The summed E-state index contributed by atoms with van der Waals surface area (Å²) in [5, 5.41) is 14.7. The van der Waals surface area contributed by atoms with Crippen LogP contribution >= 0.6 is 0 Å². The number of amides is 2. The molecule has 1 N–H and O–H groups in total. The molecule has 1 aromatic heterocycles. The third kappa shape index (κ3) is 2.09. The summed E-state index contributed by atoms with van der Waals surface area (Å²) in [6.07, 6.45) is 1.92. The largest absolute Gasteiger partial charge is 0.340 e. The van der Waals surface area contributed by atoms with Crippen molar-refractivity contribution in [1.82, 2.24) is 30.4 Å². The maximum atomic E-state index is 12.8. The zero-order valence-corrected chi connectivity index (χ0v) is 12.8. The molecular weight excluding hydrogens is 272 g/mol. The van der Waals surface area contributed by atoms with Gasteiger partial charge < -0.3 is 10.2 Å². The van der Waals surface area contributed by atoms with Gasteiger partial charge in [-0.25, -0.2) is 0 Å². The maximum Gasteiger partial charge on any atom is 0.249 e. The number of tetrazole rings is 1. The van der Waals surface area contributed by atoms with Gasteiger partial charge in [0.15, 0.2) is 5.82 Å². The summed E-state index contributed by atoms with van der Waals surface area (Å²) < 4.78 is 0. The van der Waals surface area contributed by atoms with Crippen molar-refractivity contribution in [2.24, 2.45) is 13.0 Å². The Balaban J connectivity index is 1.97. The minimum absolute atomic E-state index is 0.0986. The Morgan fingerprint density at radius 1 is 1.29 bits per heavy atom. The lowest BCUT2D eigenvalue weighted by Gasteiger charge is -2.49. The molecule has 0 aromatic carbocycles. The van der Waals surface area contributed by atoms with Crippen molar-refractivity contribution in [2.45, 2.75) is 51.2 Å². The number of carbonyl (C=O) groups is 2. The number of piperazine rings is 1. The Morgan fingerprint density at radius 3 is 2.48 bits per heavy atom. The van der Waals surface area contributed by atoms with Crippen molar-refractivity contribution in [3.8, 4) is 0 Å². The lowest BCUT2D eigenvalue weighted by molar-refractivity contribution is -0.163. The van der Waals surface area contributed by atoms with E-state index in [0.717, 1.165) is 12.8 Å². The highest BCUT2D eigenvalue weighted by Crippen LogP contribution is 2.46. The molecule has 1 atom stereocenters. The lowest BCUT2D eigenvalue weighted by atomic mass is 9.84. The molecule has 1 aliphatic heterocycles. The van der Waals surface area contributed by atoms with Crippen LogP contribution in [0.2, 0.25) is 0 Å². The van der Waals surface area contributed by atoms with E-state index < -0.39 is 11.1 Å². The maximum absolute atomic E-state index is 12.8. The number of hydrogen-bond acceptors (Lipinski definition) is 5. The first-order valence-electron chi connectivity index (χ1n) is 7.12. The summed E-state index contributed by atoms with van der Waals surface area (Å²) in [5.74, 6) is 0.444. The van der Waals surface area contributed by atoms with Crippen LogP contribution in [-0.4, -0.2) is 48.0 Å². The highest BCUT2D eigenvalue weighted by Gasteiger charge is 2.59. The molecule has 1 aromatic rings. The monoisotopic (exact) mass is 292 g/mol. The van der Waals surface area contributed by atoms with E-state index in [2.05, 4.69) is 20.7 Å². The Hall–Kier alpha value is -1.99. The lowest BCUT2D eigenvalue weighted by Crippen LogP contribution is -2.73. The summed E-state index contributed by atoms with van der Waals surface area (Å²) in [7, 11) is 1.67. The summed E-state index contributed by atoms with van der Waals surface area (Å²) in [6, 6.07) is 0. The first kappa shape index (κ1) is 14.0. The molecular formula is C13H20N6O2. The number of nitrogens with zero attached hydrogens (tertiary/aromatic N) is 5. The van der Waals surface area contributed by atoms with Crippen LogP contribution in [0.15, 0.2) is 0 Å². The summed E-state index contributed by atoms with van der Waals surface area (Å²) in [4.78, 5) is 28.4. The molecule has 2 fully saturated rings. The Bertz CT molecular complexity index is 606. The third-order valence-electron chi connectivity index (χ3n) is 4.45. The standard InChI is InChI=1S/C13H20N6O2/c1-12(2)11(21)19(7-9-15-17-18(4)16-9)13(3,8-5-6-8)10(20)14-12/h8H,5-7H2,1-4H3,(H,14,20). The first-order chi connectivity index (χ1) is 9.75. The predicted molar refractivity (Wildman–Crippen MR) is 72.7 cm³/mol. The van der Waals surface area contributed by atoms with E-state index >= 15 is 0 Å². The second-order valence-electron chi connectivity index (χ2n) is 6.59.